The summed E-state index contributed by atoms with van der Waals surface area (Å²) in [5.41, 5.74) is 2.94. The molecule has 1 aliphatic heterocycles. The van der Waals surface area contributed by atoms with Crippen LogP contribution in [0.25, 0.3) is 0 Å². The van der Waals surface area contributed by atoms with Crippen molar-refractivity contribution in [2.45, 2.75) is 18.3 Å². The van der Waals surface area contributed by atoms with E-state index in [2.05, 4.69) is 66.0 Å². The van der Waals surface area contributed by atoms with Crippen molar-refractivity contribution in [3.05, 3.63) is 71.8 Å². The molecule has 3 rings (SSSR count). The van der Waals surface area contributed by atoms with E-state index in [1.165, 1.54) is 17.5 Å². The van der Waals surface area contributed by atoms with E-state index in [4.69, 9.17) is 0 Å². The fourth-order valence-corrected chi connectivity index (χ4v) is 3.01. The molecule has 18 heavy (non-hydrogen) atoms. The zero-order chi connectivity index (χ0) is 12.2. The van der Waals surface area contributed by atoms with Crippen LogP contribution in [0.15, 0.2) is 60.7 Å². The molecule has 0 aliphatic carbocycles. The molecule has 1 saturated heterocycles. The van der Waals surface area contributed by atoms with Crippen LogP contribution in [0.3, 0.4) is 0 Å². The molecule has 0 radical (unpaired) electrons. The molecule has 2 aromatic rings. The number of piperidine rings is 1. The summed E-state index contributed by atoms with van der Waals surface area (Å²) in [5.74, 6) is 1.25. The van der Waals surface area contributed by atoms with Crippen LogP contribution in [0.5, 0.6) is 0 Å². The van der Waals surface area contributed by atoms with Gasteiger partial charge in [-0.1, -0.05) is 60.7 Å². The summed E-state index contributed by atoms with van der Waals surface area (Å²) in [4.78, 5) is 0. The van der Waals surface area contributed by atoms with E-state index in [1.807, 2.05) is 0 Å². The molecule has 1 nitrogen and oxygen atoms in total. The van der Waals surface area contributed by atoms with Crippen LogP contribution in [0.4, 0.5) is 0 Å². The van der Waals surface area contributed by atoms with Gasteiger partial charge >= 0.3 is 0 Å². The van der Waals surface area contributed by atoms with Gasteiger partial charge in [-0.2, -0.15) is 0 Å². The molecule has 92 valence electrons. The maximum Gasteiger partial charge on any atom is 0.00326 e. The summed E-state index contributed by atoms with van der Waals surface area (Å²) in [7, 11) is 0. The van der Waals surface area contributed by atoms with Gasteiger partial charge in [-0.3, -0.25) is 0 Å². The van der Waals surface area contributed by atoms with Crippen LogP contribution >= 0.6 is 0 Å². The van der Waals surface area contributed by atoms with Gasteiger partial charge in [0.15, 0.2) is 0 Å². The first-order valence-electron chi connectivity index (χ1n) is 6.76. The van der Waals surface area contributed by atoms with E-state index >= 15 is 0 Å². The zero-order valence-electron chi connectivity index (χ0n) is 10.5. The topological polar surface area (TPSA) is 12.0 Å². The Morgan fingerprint density at radius 2 is 1.28 bits per heavy atom. The highest BCUT2D eigenvalue weighted by Gasteiger charge is 2.27. The van der Waals surface area contributed by atoms with E-state index < -0.39 is 0 Å². The molecule has 1 fully saturated rings. The van der Waals surface area contributed by atoms with Crippen LogP contribution in [-0.4, -0.2) is 13.1 Å². The average molecular weight is 237 g/mol. The fraction of sp³-hybridized carbons (Fsp3) is 0.294. The third kappa shape index (κ3) is 2.32. The van der Waals surface area contributed by atoms with Crippen LogP contribution in [0.2, 0.25) is 0 Å². The van der Waals surface area contributed by atoms with Crippen molar-refractivity contribution in [1.82, 2.24) is 5.32 Å². The molecule has 0 bridgehead atoms. The molecule has 1 N–H and O–H groups in total. The van der Waals surface area contributed by atoms with E-state index in [1.54, 1.807) is 0 Å². The Hall–Kier alpha value is -1.60. The second-order valence-electron chi connectivity index (χ2n) is 5.03. The smallest absolute Gasteiger partial charge is 0.00326 e. The van der Waals surface area contributed by atoms with Crippen LogP contribution < -0.4 is 5.32 Å². The summed E-state index contributed by atoms with van der Waals surface area (Å²) in [6, 6.07) is 21.8. The quantitative estimate of drug-likeness (QED) is 0.842. The lowest BCUT2D eigenvalue weighted by Gasteiger charge is -2.33. The minimum atomic E-state index is 0.599. The highest BCUT2D eigenvalue weighted by atomic mass is 14.9. The van der Waals surface area contributed by atoms with E-state index in [0.717, 1.165) is 13.1 Å². The van der Waals surface area contributed by atoms with E-state index in [0.29, 0.717) is 11.8 Å². The second-order valence-corrected chi connectivity index (χ2v) is 5.03. The largest absolute Gasteiger partial charge is 0.316 e. The van der Waals surface area contributed by atoms with Crippen molar-refractivity contribution in [3.8, 4) is 0 Å². The second kappa shape index (κ2) is 5.36. The average Bonchev–Trinajstić information content (AvgIpc) is 2.49. The Labute approximate surface area is 109 Å². The lowest BCUT2D eigenvalue weighted by molar-refractivity contribution is 0.404. The first-order chi connectivity index (χ1) is 8.95. The van der Waals surface area contributed by atoms with Crippen molar-refractivity contribution < 1.29 is 0 Å². The van der Waals surface area contributed by atoms with Gasteiger partial charge in [0.1, 0.15) is 0 Å². The number of hydrogen-bond donors (Lipinski definition) is 1. The van der Waals surface area contributed by atoms with Gasteiger partial charge in [-0.05, 0) is 30.0 Å². The van der Waals surface area contributed by atoms with Crippen LogP contribution in [0, 0.1) is 0 Å². The lowest BCUT2D eigenvalue weighted by atomic mass is 9.77. The van der Waals surface area contributed by atoms with Gasteiger partial charge in [0.05, 0.1) is 0 Å². The Morgan fingerprint density at radius 3 is 1.89 bits per heavy atom. The molecule has 1 heteroatoms. The maximum absolute atomic E-state index is 3.53. The van der Waals surface area contributed by atoms with E-state index in [9.17, 15) is 0 Å². The molecule has 2 atom stereocenters. The van der Waals surface area contributed by atoms with Crippen LogP contribution in [-0.2, 0) is 0 Å². The van der Waals surface area contributed by atoms with Gasteiger partial charge in [0.25, 0.3) is 0 Å². The Bertz CT molecular complexity index is 430. The number of rotatable bonds is 2. The number of hydrogen-bond acceptors (Lipinski definition) is 1. The first-order valence-corrected chi connectivity index (χ1v) is 6.76. The van der Waals surface area contributed by atoms with E-state index in [-0.39, 0.29) is 0 Å². The van der Waals surface area contributed by atoms with Gasteiger partial charge in [-0.25, -0.2) is 0 Å². The number of nitrogens with one attached hydrogen (secondary N) is 1. The maximum atomic E-state index is 3.53. The molecule has 0 aromatic heterocycles. The van der Waals surface area contributed by atoms with Gasteiger partial charge in [-0.15, -0.1) is 0 Å². The molecule has 0 saturated carbocycles. The predicted molar refractivity (Wildman–Crippen MR) is 75.9 cm³/mol. The Balaban J connectivity index is 1.92. The van der Waals surface area contributed by atoms with Crippen molar-refractivity contribution in [2.75, 3.05) is 13.1 Å². The van der Waals surface area contributed by atoms with Gasteiger partial charge < -0.3 is 5.32 Å². The van der Waals surface area contributed by atoms with Gasteiger partial charge in [0.2, 0.25) is 0 Å². The minimum absolute atomic E-state index is 0.599. The molecule has 0 unspecified atom stereocenters. The summed E-state index contributed by atoms with van der Waals surface area (Å²) in [5, 5.41) is 3.53. The lowest BCUT2D eigenvalue weighted by Crippen LogP contribution is -2.33. The molecular formula is C17H19N. The van der Waals surface area contributed by atoms with Gasteiger partial charge in [0, 0.05) is 12.5 Å². The monoisotopic (exact) mass is 237 g/mol. The third-order valence-electron chi connectivity index (χ3n) is 3.94. The summed E-state index contributed by atoms with van der Waals surface area (Å²) in [6.45, 7) is 2.21. The molecule has 1 aliphatic rings. The zero-order valence-corrected chi connectivity index (χ0v) is 10.5. The Morgan fingerprint density at radius 1 is 0.722 bits per heavy atom. The highest BCUT2D eigenvalue weighted by molar-refractivity contribution is 5.29. The predicted octanol–water partition coefficient (Wildman–Crippen LogP) is 3.55. The summed E-state index contributed by atoms with van der Waals surface area (Å²) in [6.07, 6.45) is 1.23. The van der Waals surface area contributed by atoms with Crippen LogP contribution in [0.1, 0.15) is 29.4 Å². The molecule has 1 heterocycles. The summed E-state index contributed by atoms with van der Waals surface area (Å²) >= 11 is 0. The minimum Gasteiger partial charge on any atom is -0.316 e. The molecule has 0 amide bonds. The first kappa shape index (κ1) is 11.5. The molecular weight excluding hydrogens is 218 g/mol. The normalized spacial score (nSPS) is 23.8. The van der Waals surface area contributed by atoms with Crippen molar-refractivity contribution in [2.24, 2.45) is 0 Å². The van der Waals surface area contributed by atoms with Crippen molar-refractivity contribution >= 4 is 0 Å². The summed E-state index contributed by atoms with van der Waals surface area (Å²) < 4.78 is 0. The molecule has 0 spiro atoms. The van der Waals surface area contributed by atoms with Crippen molar-refractivity contribution in [1.29, 1.82) is 0 Å². The highest BCUT2D eigenvalue weighted by Crippen LogP contribution is 2.36. The van der Waals surface area contributed by atoms with Crippen molar-refractivity contribution in [3.63, 3.8) is 0 Å². The standard InChI is InChI=1S/C17H19N/c1-3-7-14(8-4-1)16-11-12-18-13-17(16)15-9-5-2-6-10-15/h1-10,16-18H,11-13H2/t16-,17-/m1/s1. The third-order valence-corrected chi connectivity index (χ3v) is 3.94. The molecule has 2 aromatic carbocycles. The number of benzene rings is 2. The Kier molecular flexibility index (Phi) is 3.42. The fourth-order valence-electron chi connectivity index (χ4n) is 3.01. The SMILES string of the molecule is c1ccc([C@H]2CCNC[C@@H]2c2ccccc2)cc1.